The molecule has 0 aromatic heterocycles. The van der Waals surface area contributed by atoms with Crippen molar-refractivity contribution >= 4 is 22.4 Å². The van der Waals surface area contributed by atoms with Crippen LogP contribution in [0, 0.1) is 0 Å². The van der Waals surface area contributed by atoms with Crippen molar-refractivity contribution in [3.8, 4) is 0 Å². The average Bonchev–Trinajstić information content (AvgIpc) is 1.90. The highest BCUT2D eigenvalue weighted by atomic mass is 31.3. The van der Waals surface area contributed by atoms with Gasteiger partial charge in [-0.3, -0.25) is 0 Å². The van der Waals surface area contributed by atoms with E-state index in [2.05, 4.69) is 45.7 Å². The normalized spacial score (nSPS) is 13.1. The number of hydrogen-bond donors (Lipinski definition) is 0. The zero-order valence-corrected chi connectivity index (χ0v) is 7.85. The summed E-state index contributed by atoms with van der Waals surface area (Å²) in [6.45, 7) is 2.31. The van der Waals surface area contributed by atoms with E-state index in [0.29, 0.717) is 0 Å². The van der Waals surface area contributed by atoms with Crippen molar-refractivity contribution in [2.24, 2.45) is 0 Å². The van der Waals surface area contributed by atoms with Gasteiger partial charge in [-0.25, -0.2) is 0 Å². The first-order valence-electron chi connectivity index (χ1n) is 3.11. The van der Waals surface area contributed by atoms with Crippen LogP contribution in [0.4, 0.5) is 0 Å². The van der Waals surface area contributed by atoms with Crippen LogP contribution in [0.3, 0.4) is 0 Å². The Morgan fingerprint density at radius 2 is 1.78 bits per heavy atom. The maximum atomic E-state index is 2.91. The van der Waals surface area contributed by atoms with Gasteiger partial charge in [-0.1, -0.05) is 42.1 Å². The maximum Gasteiger partial charge on any atom is 0.0879 e. The van der Waals surface area contributed by atoms with Crippen molar-refractivity contribution in [2.75, 3.05) is 0 Å². The molecule has 0 aliphatic carbocycles. The molecule has 0 aliphatic rings. The Bertz CT molecular complexity index is 172. The summed E-state index contributed by atoms with van der Waals surface area (Å²) in [7, 11) is 2.30. The molecular weight excluding hydrogens is 143 g/mol. The second-order valence-corrected chi connectivity index (χ2v) is 7.44. The summed E-state index contributed by atoms with van der Waals surface area (Å²) < 4.78 is 0. The molecule has 1 rings (SSSR count). The lowest BCUT2D eigenvalue weighted by molar-refractivity contribution is 1.76. The minimum atomic E-state index is -0.612. The summed E-state index contributed by atoms with van der Waals surface area (Å²) in [5, 5.41) is 1.52. The minimum absolute atomic E-state index is 0.612. The van der Waals surface area contributed by atoms with Gasteiger partial charge in [-0.05, 0) is 0 Å². The van der Waals surface area contributed by atoms with Crippen LogP contribution in [0.5, 0.6) is 0 Å². The fourth-order valence-electron chi connectivity index (χ4n) is 0.757. The molecule has 0 nitrogen and oxygen atoms in total. The first-order chi connectivity index (χ1) is 4.30. The Kier molecular flexibility index (Phi) is 2.44. The molecule has 48 valence electrons. The quantitative estimate of drug-likeness (QED) is 0.420. The predicted octanol–water partition coefficient (Wildman–Crippen LogP) is 1.12. The van der Waals surface area contributed by atoms with Crippen LogP contribution in [-0.4, -0.2) is 8.46 Å². The average molecular weight is 154 g/mol. The van der Waals surface area contributed by atoms with E-state index in [0.717, 1.165) is 0 Å². The number of rotatable bonds is 1. The van der Waals surface area contributed by atoms with Crippen LogP contribution in [0.15, 0.2) is 30.3 Å². The molecule has 0 heterocycles. The highest BCUT2D eigenvalue weighted by Gasteiger charge is 1.95. The Hall–Kier alpha value is -0.133. The first kappa shape index (κ1) is 6.98. The largest absolute Gasteiger partial charge is 0.147 e. The van der Waals surface area contributed by atoms with Crippen LogP contribution in [0.2, 0.25) is 6.55 Å². The molecule has 0 fully saturated rings. The van der Waals surface area contributed by atoms with Gasteiger partial charge in [0.25, 0.3) is 0 Å². The molecule has 2 unspecified atom stereocenters. The maximum absolute atomic E-state index is 2.91. The zero-order chi connectivity index (χ0) is 6.69. The van der Waals surface area contributed by atoms with Gasteiger partial charge in [-0.15, -0.1) is 8.79 Å². The molecule has 0 bridgehead atoms. The summed E-state index contributed by atoms with van der Waals surface area (Å²) in [4.78, 5) is 0. The fourth-order valence-corrected chi connectivity index (χ4v) is 2.25. The van der Waals surface area contributed by atoms with Crippen molar-refractivity contribution in [1.82, 2.24) is 0 Å². The highest BCUT2D eigenvalue weighted by Crippen LogP contribution is 1.93. The summed E-state index contributed by atoms with van der Waals surface area (Å²) in [5.41, 5.74) is 0. The first-order valence-corrected chi connectivity index (χ1v) is 7.51. The van der Waals surface area contributed by atoms with Crippen molar-refractivity contribution in [2.45, 2.75) is 6.55 Å². The SMILES string of the molecule is C[SiH](P)c1ccccc1. The van der Waals surface area contributed by atoms with Gasteiger partial charge in [0.05, 0.1) is 8.46 Å². The summed E-state index contributed by atoms with van der Waals surface area (Å²) in [5.74, 6) is 0. The van der Waals surface area contributed by atoms with Crippen molar-refractivity contribution in [1.29, 1.82) is 0 Å². The van der Waals surface area contributed by atoms with E-state index in [9.17, 15) is 0 Å². The predicted molar refractivity (Wildman–Crippen MR) is 48.8 cm³/mol. The Morgan fingerprint density at radius 1 is 1.22 bits per heavy atom. The van der Waals surface area contributed by atoms with Crippen molar-refractivity contribution in [3.63, 3.8) is 0 Å². The standard InChI is InChI=1S/C7H11PSi/c1-9(8)7-5-3-2-4-6-7/h2-6,9H,8H2,1H3. The van der Waals surface area contributed by atoms with Crippen LogP contribution >= 0.6 is 8.79 Å². The van der Waals surface area contributed by atoms with Crippen LogP contribution in [0.25, 0.3) is 0 Å². The lowest BCUT2D eigenvalue weighted by atomic mass is 10.4. The smallest absolute Gasteiger partial charge is 0.0879 e. The van der Waals surface area contributed by atoms with E-state index in [4.69, 9.17) is 0 Å². The lowest BCUT2D eigenvalue weighted by Crippen LogP contribution is -2.18. The molecule has 0 amide bonds. The summed E-state index contributed by atoms with van der Waals surface area (Å²) in [6, 6.07) is 10.7. The van der Waals surface area contributed by atoms with E-state index >= 15 is 0 Å². The van der Waals surface area contributed by atoms with E-state index in [-0.39, 0.29) is 0 Å². The monoisotopic (exact) mass is 154 g/mol. The molecule has 0 saturated carbocycles. The number of hydrogen-bond acceptors (Lipinski definition) is 0. The minimum Gasteiger partial charge on any atom is -0.147 e. The molecule has 0 aliphatic heterocycles. The van der Waals surface area contributed by atoms with Gasteiger partial charge in [0.1, 0.15) is 0 Å². The Morgan fingerprint density at radius 3 is 2.11 bits per heavy atom. The lowest BCUT2D eigenvalue weighted by Gasteiger charge is -1.99. The Labute approximate surface area is 60.0 Å². The topological polar surface area (TPSA) is 0 Å². The Balaban J connectivity index is 2.85. The third kappa shape index (κ3) is 1.92. The molecule has 2 heteroatoms. The molecule has 1 aromatic carbocycles. The molecule has 0 saturated heterocycles. The molecule has 2 atom stereocenters. The third-order valence-electron chi connectivity index (χ3n) is 1.33. The summed E-state index contributed by atoms with van der Waals surface area (Å²) >= 11 is 0. The van der Waals surface area contributed by atoms with Crippen molar-refractivity contribution in [3.05, 3.63) is 30.3 Å². The van der Waals surface area contributed by atoms with E-state index in [1.54, 1.807) is 0 Å². The van der Waals surface area contributed by atoms with Crippen LogP contribution in [0.1, 0.15) is 0 Å². The fraction of sp³-hybridized carbons (Fsp3) is 0.143. The van der Waals surface area contributed by atoms with Crippen LogP contribution in [-0.2, 0) is 0 Å². The van der Waals surface area contributed by atoms with Gasteiger partial charge >= 0.3 is 0 Å². The van der Waals surface area contributed by atoms with Gasteiger partial charge in [0, 0.05) is 0 Å². The highest BCUT2D eigenvalue weighted by molar-refractivity contribution is 7.64. The second kappa shape index (κ2) is 3.14. The second-order valence-electron chi connectivity index (χ2n) is 2.20. The van der Waals surface area contributed by atoms with E-state index < -0.39 is 8.46 Å². The number of benzene rings is 1. The molecule has 0 radical (unpaired) electrons. The molecule has 1 aromatic rings. The van der Waals surface area contributed by atoms with E-state index in [1.165, 1.54) is 5.19 Å². The van der Waals surface area contributed by atoms with Gasteiger partial charge < -0.3 is 0 Å². The summed E-state index contributed by atoms with van der Waals surface area (Å²) in [6.07, 6.45) is 0. The molecule has 0 N–H and O–H groups in total. The zero-order valence-electron chi connectivity index (χ0n) is 5.54. The molecule has 9 heavy (non-hydrogen) atoms. The van der Waals surface area contributed by atoms with Crippen molar-refractivity contribution < 1.29 is 0 Å². The third-order valence-corrected chi connectivity index (χ3v) is 3.92. The van der Waals surface area contributed by atoms with Gasteiger partial charge in [-0.2, -0.15) is 0 Å². The van der Waals surface area contributed by atoms with Gasteiger partial charge in [0.15, 0.2) is 0 Å². The van der Waals surface area contributed by atoms with Gasteiger partial charge in [0.2, 0.25) is 0 Å². The molecular formula is C7H11PSi. The van der Waals surface area contributed by atoms with E-state index in [1.807, 2.05) is 0 Å². The van der Waals surface area contributed by atoms with Crippen LogP contribution < -0.4 is 5.19 Å². The molecule has 0 spiro atoms.